The van der Waals surface area contributed by atoms with Gasteiger partial charge in [0, 0.05) is 30.9 Å². The smallest absolute Gasteiger partial charge is 0.389 e. The summed E-state index contributed by atoms with van der Waals surface area (Å²) in [5, 5.41) is 0. The van der Waals surface area contributed by atoms with Gasteiger partial charge >= 0.3 is 6.18 Å². The van der Waals surface area contributed by atoms with E-state index in [4.69, 9.17) is 18.0 Å². The van der Waals surface area contributed by atoms with Gasteiger partial charge in [0.25, 0.3) is 0 Å². The Kier molecular flexibility index (Phi) is 5.08. The van der Waals surface area contributed by atoms with E-state index in [0.717, 1.165) is 34.6 Å². The normalized spacial score (nSPS) is 11.5. The second-order valence-electron chi connectivity index (χ2n) is 5.86. The summed E-state index contributed by atoms with van der Waals surface area (Å²) in [5.74, 6) is 0.752. The molecule has 3 nitrogen and oxygen atoms in total. The SMILES string of the molecule is NC(=S)c1ccccc1Cn1ccnc1Cc1ccc(C(F)(F)F)cc1. The number of imidazole rings is 1. The van der Waals surface area contributed by atoms with Crippen LogP contribution in [0, 0.1) is 0 Å². The summed E-state index contributed by atoms with van der Waals surface area (Å²) < 4.78 is 39.9. The number of aromatic nitrogens is 2. The van der Waals surface area contributed by atoms with Crippen LogP contribution in [0.25, 0.3) is 0 Å². The predicted molar refractivity (Wildman–Crippen MR) is 97.9 cm³/mol. The third-order valence-electron chi connectivity index (χ3n) is 4.07. The molecule has 0 saturated heterocycles. The number of nitrogens with two attached hydrogens (primary N) is 1. The highest BCUT2D eigenvalue weighted by molar-refractivity contribution is 7.80. The van der Waals surface area contributed by atoms with Crippen molar-refractivity contribution < 1.29 is 13.2 Å². The van der Waals surface area contributed by atoms with Gasteiger partial charge in [-0.25, -0.2) is 4.98 Å². The maximum atomic E-state index is 12.7. The number of halogens is 3. The number of hydrogen-bond donors (Lipinski definition) is 1. The standard InChI is InChI=1S/C19H16F3N3S/c20-19(21,22)15-7-5-13(6-8-15)11-17-24-9-10-25(17)12-14-3-1-2-4-16(14)18(23)26/h1-10H,11-12H2,(H2,23,26). The van der Waals surface area contributed by atoms with Crippen molar-refractivity contribution in [2.24, 2.45) is 5.73 Å². The molecule has 26 heavy (non-hydrogen) atoms. The van der Waals surface area contributed by atoms with Gasteiger partial charge in [-0.15, -0.1) is 0 Å². The largest absolute Gasteiger partial charge is 0.416 e. The lowest BCUT2D eigenvalue weighted by Gasteiger charge is -2.12. The highest BCUT2D eigenvalue weighted by Crippen LogP contribution is 2.29. The average Bonchev–Trinajstić information content (AvgIpc) is 3.02. The van der Waals surface area contributed by atoms with E-state index >= 15 is 0 Å². The van der Waals surface area contributed by atoms with Gasteiger partial charge in [-0.05, 0) is 23.3 Å². The fourth-order valence-electron chi connectivity index (χ4n) is 2.73. The fourth-order valence-corrected chi connectivity index (χ4v) is 2.93. The Morgan fingerprint density at radius 3 is 2.42 bits per heavy atom. The van der Waals surface area contributed by atoms with Crippen LogP contribution in [0.3, 0.4) is 0 Å². The van der Waals surface area contributed by atoms with Crippen LogP contribution in [0.2, 0.25) is 0 Å². The number of nitrogens with zero attached hydrogens (tertiary/aromatic N) is 2. The molecule has 0 spiro atoms. The van der Waals surface area contributed by atoms with E-state index in [9.17, 15) is 13.2 Å². The molecule has 3 aromatic rings. The summed E-state index contributed by atoms with van der Waals surface area (Å²) >= 11 is 5.09. The fraction of sp³-hybridized carbons (Fsp3) is 0.158. The number of thiocarbonyl (C=S) groups is 1. The van der Waals surface area contributed by atoms with Crippen LogP contribution in [0.15, 0.2) is 60.9 Å². The number of benzene rings is 2. The van der Waals surface area contributed by atoms with Crippen molar-refractivity contribution >= 4 is 17.2 Å². The summed E-state index contributed by atoms with van der Waals surface area (Å²) in [6.45, 7) is 0.531. The zero-order valence-electron chi connectivity index (χ0n) is 13.7. The molecule has 134 valence electrons. The Balaban J connectivity index is 1.80. The first-order chi connectivity index (χ1) is 12.3. The first-order valence-corrected chi connectivity index (χ1v) is 8.29. The molecule has 0 aliphatic rings. The monoisotopic (exact) mass is 375 g/mol. The highest BCUT2D eigenvalue weighted by atomic mass is 32.1. The molecule has 2 aromatic carbocycles. The average molecular weight is 375 g/mol. The lowest BCUT2D eigenvalue weighted by atomic mass is 10.1. The second-order valence-corrected chi connectivity index (χ2v) is 6.30. The minimum Gasteiger partial charge on any atom is -0.389 e. The quantitative estimate of drug-likeness (QED) is 0.681. The molecule has 0 bridgehead atoms. The molecule has 0 unspecified atom stereocenters. The van der Waals surface area contributed by atoms with Crippen molar-refractivity contribution in [2.75, 3.05) is 0 Å². The molecule has 7 heteroatoms. The van der Waals surface area contributed by atoms with Crippen molar-refractivity contribution in [2.45, 2.75) is 19.1 Å². The van der Waals surface area contributed by atoms with Crippen molar-refractivity contribution in [3.63, 3.8) is 0 Å². The summed E-state index contributed by atoms with van der Waals surface area (Å²) in [4.78, 5) is 4.65. The lowest BCUT2D eigenvalue weighted by molar-refractivity contribution is -0.137. The van der Waals surface area contributed by atoms with E-state index in [0.29, 0.717) is 18.0 Å². The molecule has 2 N–H and O–H groups in total. The summed E-state index contributed by atoms with van der Waals surface area (Å²) in [7, 11) is 0. The number of rotatable bonds is 5. The molecule has 3 rings (SSSR count). The van der Waals surface area contributed by atoms with Crippen LogP contribution in [0.1, 0.15) is 28.1 Å². The summed E-state index contributed by atoms with van der Waals surface area (Å²) in [5.41, 5.74) is 7.64. The molecule has 1 heterocycles. The zero-order valence-corrected chi connectivity index (χ0v) is 14.5. The van der Waals surface area contributed by atoms with E-state index in [2.05, 4.69) is 4.98 Å². The minimum atomic E-state index is -4.33. The predicted octanol–water partition coefficient (Wildman–Crippen LogP) is 4.18. The van der Waals surface area contributed by atoms with Crippen molar-refractivity contribution in [3.05, 3.63) is 89.0 Å². The number of alkyl halides is 3. The lowest BCUT2D eigenvalue weighted by Crippen LogP contribution is -2.14. The molecule has 0 amide bonds. The van der Waals surface area contributed by atoms with Crippen molar-refractivity contribution in [1.82, 2.24) is 9.55 Å². The third-order valence-corrected chi connectivity index (χ3v) is 4.29. The van der Waals surface area contributed by atoms with Crippen molar-refractivity contribution in [3.8, 4) is 0 Å². The maximum absolute atomic E-state index is 12.7. The van der Waals surface area contributed by atoms with Gasteiger partial charge in [0.05, 0.1) is 5.56 Å². The van der Waals surface area contributed by atoms with E-state index in [1.165, 1.54) is 12.1 Å². The molecule has 0 aliphatic heterocycles. The van der Waals surface area contributed by atoms with E-state index in [-0.39, 0.29) is 0 Å². The Morgan fingerprint density at radius 1 is 1.08 bits per heavy atom. The third kappa shape index (κ3) is 4.11. The topological polar surface area (TPSA) is 43.8 Å². The molecule has 0 saturated carbocycles. The van der Waals surface area contributed by atoms with Gasteiger partial charge in [0.1, 0.15) is 10.8 Å². The highest BCUT2D eigenvalue weighted by Gasteiger charge is 2.29. The van der Waals surface area contributed by atoms with E-state index < -0.39 is 11.7 Å². The summed E-state index contributed by atoms with van der Waals surface area (Å²) in [6.07, 6.45) is -0.402. The maximum Gasteiger partial charge on any atom is 0.416 e. The second kappa shape index (κ2) is 7.29. The molecule has 1 aromatic heterocycles. The Labute approximate surface area is 154 Å². The van der Waals surface area contributed by atoms with Gasteiger partial charge in [-0.3, -0.25) is 0 Å². The molecule has 0 atom stereocenters. The van der Waals surface area contributed by atoms with E-state index in [1.54, 1.807) is 6.20 Å². The van der Waals surface area contributed by atoms with Gasteiger partial charge in [-0.1, -0.05) is 48.6 Å². The van der Waals surface area contributed by atoms with E-state index in [1.807, 2.05) is 35.0 Å². The Bertz CT molecular complexity index is 914. The van der Waals surface area contributed by atoms with Crippen LogP contribution < -0.4 is 5.73 Å². The van der Waals surface area contributed by atoms with Gasteiger partial charge < -0.3 is 10.3 Å². The zero-order chi connectivity index (χ0) is 18.7. The van der Waals surface area contributed by atoms with Crippen LogP contribution >= 0.6 is 12.2 Å². The first-order valence-electron chi connectivity index (χ1n) is 7.88. The Hall–Kier alpha value is -2.67. The Morgan fingerprint density at radius 2 is 1.77 bits per heavy atom. The number of hydrogen-bond acceptors (Lipinski definition) is 2. The summed E-state index contributed by atoms with van der Waals surface area (Å²) in [6, 6.07) is 12.7. The van der Waals surface area contributed by atoms with Crippen LogP contribution in [-0.4, -0.2) is 14.5 Å². The molecule has 0 fully saturated rings. The van der Waals surface area contributed by atoms with Crippen molar-refractivity contribution in [1.29, 1.82) is 0 Å². The molecular formula is C19H16F3N3S. The molecule has 0 radical (unpaired) electrons. The van der Waals surface area contributed by atoms with Crippen LogP contribution in [0.5, 0.6) is 0 Å². The molecular weight excluding hydrogens is 359 g/mol. The first kappa shape index (κ1) is 18.1. The van der Waals surface area contributed by atoms with Gasteiger partial charge in [0.2, 0.25) is 0 Å². The van der Waals surface area contributed by atoms with Crippen LogP contribution in [0.4, 0.5) is 13.2 Å². The van der Waals surface area contributed by atoms with Gasteiger partial charge in [-0.2, -0.15) is 13.2 Å². The van der Waals surface area contributed by atoms with Crippen LogP contribution in [-0.2, 0) is 19.1 Å². The molecule has 0 aliphatic carbocycles. The minimum absolute atomic E-state index is 0.324. The van der Waals surface area contributed by atoms with Gasteiger partial charge in [0.15, 0.2) is 0 Å².